The number of likely N-dealkylation sites (N-methyl/N-ethyl adjacent to an activating group) is 1. The summed E-state index contributed by atoms with van der Waals surface area (Å²) in [5.74, 6) is 0. The fourth-order valence-electron chi connectivity index (χ4n) is 1.70. The van der Waals surface area contributed by atoms with E-state index in [-0.39, 0.29) is 0 Å². The molecule has 1 aromatic carbocycles. The van der Waals surface area contributed by atoms with Gasteiger partial charge in [0, 0.05) is 31.9 Å². The average molecular weight is 220 g/mol. The van der Waals surface area contributed by atoms with Crippen LogP contribution in [0.25, 0.3) is 0 Å². The maximum absolute atomic E-state index is 2.44. The van der Waals surface area contributed by atoms with Crippen molar-refractivity contribution < 1.29 is 0 Å². The Hall–Kier alpha value is -1.02. The van der Waals surface area contributed by atoms with Crippen LogP contribution in [0.15, 0.2) is 30.3 Å². The van der Waals surface area contributed by atoms with Gasteiger partial charge in [0.1, 0.15) is 0 Å². The molecule has 0 N–H and O–H groups in total. The molecular formula is C14H24N2. The molecule has 0 unspecified atom stereocenters. The SMILES string of the molecule is CCC.CN1CCN(c2ccccc2)CC1. The zero-order valence-corrected chi connectivity index (χ0v) is 10.8. The van der Waals surface area contributed by atoms with Crippen molar-refractivity contribution in [3.63, 3.8) is 0 Å². The van der Waals surface area contributed by atoms with Gasteiger partial charge in [-0.25, -0.2) is 0 Å². The molecule has 0 bridgehead atoms. The quantitative estimate of drug-likeness (QED) is 0.718. The minimum Gasteiger partial charge on any atom is -0.369 e. The highest BCUT2D eigenvalue weighted by molar-refractivity contribution is 5.46. The van der Waals surface area contributed by atoms with Crippen LogP contribution in [-0.2, 0) is 0 Å². The van der Waals surface area contributed by atoms with E-state index in [0.717, 1.165) is 13.1 Å². The predicted molar refractivity (Wildman–Crippen MR) is 72.1 cm³/mol. The van der Waals surface area contributed by atoms with Crippen LogP contribution in [0.1, 0.15) is 20.3 Å². The van der Waals surface area contributed by atoms with Crippen molar-refractivity contribution in [2.24, 2.45) is 0 Å². The van der Waals surface area contributed by atoms with Gasteiger partial charge in [-0.2, -0.15) is 0 Å². The molecule has 16 heavy (non-hydrogen) atoms. The minimum atomic E-state index is 1.15. The Morgan fingerprint density at radius 2 is 1.44 bits per heavy atom. The molecule has 2 nitrogen and oxygen atoms in total. The molecule has 0 amide bonds. The van der Waals surface area contributed by atoms with Gasteiger partial charge in [-0.1, -0.05) is 38.5 Å². The summed E-state index contributed by atoms with van der Waals surface area (Å²) in [7, 11) is 2.18. The fraction of sp³-hybridized carbons (Fsp3) is 0.571. The van der Waals surface area contributed by atoms with Gasteiger partial charge in [0.05, 0.1) is 0 Å². The van der Waals surface area contributed by atoms with Crippen LogP contribution in [0.4, 0.5) is 5.69 Å². The van der Waals surface area contributed by atoms with Crippen LogP contribution in [0.5, 0.6) is 0 Å². The van der Waals surface area contributed by atoms with E-state index in [1.807, 2.05) is 0 Å². The monoisotopic (exact) mass is 220 g/mol. The third-order valence-electron chi connectivity index (χ3n) is 2.62. The lowest BCUT2D eigenvalue weighted by molar-refractivity contribution is 0.313. The van der Waals surface area contributed by atoms with E-state index in [1.54, 1.807) is 0 Å². The zero-order valence-electron chi connectivity index (χ0n) is 10.8. The molecule has 90 valence electrons. The Morgan fingerprint density at radius 3 is 1.94 bits per heavy atom. The number of para-hydroxylation sites is 1. The number of piperazine rings is 1. The number of hydrogen-bond acceptors (Lipinski definition) is 2. The van der Waals surface area contributed by atoms with Gasteiger partial charge in [0.15, 0.2) is 0 Å². The summed E-state index contributed by atoms with van der Waals surface area (Å²) in [4.78, 5) is 4.82. The molecule has 0 saturated carbocycles. The van der Waals surface area contributed by atoms with Crippen LogP contribution >= 0.6 is 0 Å². The van der Waals surface area contributed by atoms with Crippen molar-refractivity contribution in [1.29, 1.82) is 0 Å². The molecule has 2 heteroatoms. The first kappa shape index (κ1) is 13.0. The highest BCUT2D eigenvalue weighted by Crippen LogP contribution is 2.14. The maximum Gasteiger partial charge on any atom is 0.0367 e. The third kappa shape index (κ3) is 4.23. The molecule has 1 aliphatic heterocycles. The standard InChI is InChI=1S/C11H16N2.C3H8/c1-12-7-9-13(10-8-12)11-5-3-2-4-6-11;1-3-2/h2-6H,7-10H2,1H3;3H2,1-2H3. The summed E-state index contributed by atoms with van der Waals surface area (Å²) in [6.07, 6.45) is 1.25. The Kier molecular flexibility index (Phi) is 5.94. The first-order valence-corrected chi connectivity index (χ1v) is 6.26. The topological polar surface area (TPSA) is 6.48 Å². The van der Waals surface area contributed by atoms with E-state index < -0.39 is 0 Å². The van der Waals surface area contributed by atoms with E-state index in [1.165, 1.54) is 25.2 Å². The van der Waals surface area contributed by atoms with E-state index in [4.69, 9.17) is 0 Å². The molecule has 1 aromatic rings. The van der Waals surface area contributed by atoms with Gasteiger partial charge in [0.25, 0.3) is 0 Å². The van der Waals surface area contributed by atoms with Crippen molar-refractivity contribution in [3.8, 4) is 0 Å². The summed E-state index contributed by atoms with van der Waals surface area (Å²) < 4.78 is 0. The van der Waals surface area contributed by atoms with E-state index in [2.05, 4.69) is 61.0 Å². The number of nitrogens with zero attached hydrogens (tertiary/aromatic N) is 2. The molecule has 0 spiro atoms. The summed E-state index contributed by atoms with van der Waals surface area (Å²) in [6, 6.07) is 10.7. The molecule has 0 radical (unpaired) electrons. The van der Waals surface area contributed by atoms with Crippen LogP contribution < -0.4 is 4.90 Å². The van der Waals surface area contributed by atoms with Crippen molar-refractivity contribution in [3.05, 3.63) is 30.3 Å². The number of anilines is 1. The van der Waals surface area contributed by atoms with Gasteiger partial charge >= 0.3 is 0 Å². The number of benzene rings is 1. The molecule has 1 saturated heterocycles. The predicted octanol–water partition coefficient (Wildman–Crippen LogP) is 2.85. The maximum atomic E-state index is 2.44. The van der Waals surface area contributed by atoms with Gasteiger partial charge < -0.3 is 9.80 Å². The summed E-state index contributed by atoms with van der Waals surface area (Å²) >= 11 is 0. The van der Waals surface area contributed by atoms with Crippen molar-refractivity contribution in [2.45, 2.75) is 20.3 Å². The van der Waals surface area contributed by atoms with E-state index in [9.17, 15) is 0 Å². The highest BCUT2D eigenvalue weighted by atomic mass is 15.2. The largest absolute Gasteiger partial charge is 0.369 e. The van der Waals surface area contributed by atoms with Crippen LogP contribution in [0.3, 0.4) is 0 Å². The lowest BCUT2D eigenvalue weighted by Gasteiger charge is -2.33. The van der Waals surface area contributed by atoms with E-state index in [0.29, 0.717) is 0 Å². The minimum absolute atomic E-state index is 1.15. The van der Waals surface area contributed by atoms with Crippen molar-refractivity contribution >= 4 is 5.69 Å². The zero-order chi connectivity index (χ0) is 11.8. The van der Waals surface area contributed by atoms with Crippen LogP contribution in [-0.4, -0.2) is 38.1 Å². The number of rotatable bonds is 1. The Morgan fingerprint density at radius 1 is 0.938 bits per heavy atom. The molecule has 0 aromatic heterocycles. The second-order valence-electron chi connectivity index (χ2n) is 4.33. The first-order chi connectivity index (χ1) is 7.77. The van der Waals surface area contributed by atoms with Crippen LogP contribution in [0, 0.1) is 0 Å². The Bertz CT molecular complexity index is 263. The summed E-state index contributed by atoms with van der Waals surface area (Å²) in [5.41, 5.74) is 1.36. The normalized spacial score (nSPS) is 16.6. The van der Waals surface area contributed by atoms with Gasteiger partial charge in [-0.05, 0) is 19.2 Å². The lowest BCUT2D eigenvalue weighted by atomic mass is 10.2. The summed E-state index contributed by atoms with van der Waals surface area (Å²) in [5, 5.41) is 0. The average Bonchev–Trinajstić information content (AvgIpc) is 2.32. The smallest absolute Gasteiger partial charge is 0.0367 e. The third-order valence-corrected chi connectivity index (χ3v) is 2.62. The first-order valence-electron chi connectivity index (χ1n) is 6.26. The molecule has 1 aliphatic rings. The van der Waals surface area contributed by atoms with Gasteiger partial charge in [-0.15, -0.1) is 0 Å². The fourth-order valence-corrected chi connectivity index (χ4v) is 1.70. The van der Waals surface area contributed by atoms with Gasteiger partial charge in [0.2, 0.25) is 0 Å². The molecule has 2 rings (SSSR count). The van der Waals surface area contributed by atoms with Gasteiger partial charge in [-0.3, -0.25) is 0 Å². The molecule has 0 aliphatic carbocycles. The lowest BCUT2D eigenvalue weighted by Crippen LogP contribution is -2.44. The van der Waals surface area contributed by atoms with Crippen molar-refractivity contribution in [1.82, 2.24) is 4.90 Å². The van der Waals surface area contributed by atoms with E-state index >= 15 is 0 Å². The highest BCUT2D eigenvalue weighted by Gasteiger charge is 2.13. The summed E-state index contributed by atoms with van der Waals surface area (Å²) in [6.45, 7) is 8.91. The molecule has 0 atom stereocenters. The Labute approximate surface area is 99.9 Å². The second-order valence-corrected chi connectivity index (χ2v) is 4.33. The van der Waals surface area contributed by atoms with Crippen molar-refractivity contribution in [2.75, 3.05) is 38.1 Å². The second kappa shape index (κ2) is 7.29. The Balaban J connectivity index is 0.000000386. The molecule has 1 heterocycles. The number of hydrogen-bond donors (Lipinski definition) is 0. The molecular weight excluding hydrogens is 196 g/mol. The molecule has 1 fully saturated rings. The van der Waals surface area contributed by atoms with Crippen LogP contribution in [0.2, 0.25) is 0 Å².